The molecule has 0 bridgehead atoms. The Morgan fingerprint density at radius 1 is 1.20 bits per heavy atom. The number of non-ortho nitro benzene ring substituents is 1. The van der Waals surface area contributed by atoms with Crippen LogP contribution in [-0.2, 0) is 9.53 Å². The lowest BCUT2D eigenvalue weighted by Crippen LogP contribution is -2.39. The van der Waals surface area contributed by atoms with Crippen LogP contribution in [0.2, 0.25) is 5.02 Å². The number of hydrogen-bond acceptors (Lipinski definition) is 5. The molecular formula is C17H23ClN2O5. The molecular weight excluding hydrogens is 348 g/mol. The first kappa shape index (κ1) is 20.9. The molecule has 0 unspecified atom stereocenters. The number of benzene rings is 1. The highest BCUT2D eigenvalue weighted by Crippen LogP contribution is 2.23. The van der Waals surface area contributed by atoms with Crippen LogP contribution in [0.3, 0.4) is 0 Å². The molecule has 7 nitrogen and oxygen atoms in total. The Morgan fingerprint density at radius 3 is 2.20 bits per heavy atom. The van der Waals surface area contributed by atoms with E-state index in [1.807, 2.05) is 27.7 Å². The van der Waals surface area contributed by atoms with Gasteiger partial charge in [-0.1, -0.05) is 39.3 Å². The molecule has 25 heavy (non-hydrogen) atoms. The van der Waals surface area contributed by atoms with Crippen LogP contribution in [0.25, 0.3) is 0 Å². The number of carbonyl (C=O) groups is 2. The van der Waals surface area contributed by atoms with Gasteiger partial charge in [0, 0.05) is 25.2 Å². The number of amides is 1. The number of esters is 1. The molecule has 0 atom stereocenters. The van der Waals surface area contributed by atoms with E-state index in [0.717, 1.165) is 12.1 Å². The summed E-state index contributed by atoms with van der Waals surface area (Å²) in [5.41, 5.74) is -0.239. The summed E-state index contributed by atoms with van der Waals surface area (Å²) in [6.45, 7) is 8.77. The van der Waals surface area contributed by atoms with Crippen molar-refractivity contribution in [1.82, 2.24) is 4.90 Å². The van der Waals surface area contributed by atoms with E-state index < -0.39 is 17.5 Å². The van der Waals surface area contributed by atoms with E-state index in [1.54, 1.807) is 4.90 Å². The van der Waals surface area contributed by atoms with E-state index in [9.17, 15) is 19.7 Å². The van der Waals surface area contributed by atoms with Gasteiger partial charge in [0.25, 0.3) is 11.6 Å². The zero-order valence-corrected chi connectivity index (χ0v) is 15.6. The number of carbonyl (C=O) groups excluding carboxylic acids is 2. The highest BCUT2D eigenvalue weighted by Gasteiger charge is 2.20. The third-order valence-electron chi connectivity index (χ3n) is 3.23. The zero-order valence-electron chi connectivity index (χ0n) is 14.8. The van der Waals surface area contributed by atoms with Crippen LogP contribution in [0.15, 0.2) is 18.2 Å². The van der Waals surface area contributed by atoms with Crippen LogP contribution in [-0.4, -0.2) is 41.4 Å². The summed E-state index contributed by atoms with van der Waals surface area (Å²) in [6, 6.07) is 3.45. The molecule has 1 aromatic carbocycles. The van der Waals surface area contributed by atoms with Crippen molar-refractivity contribution in [3.8, 4) is 0 Å². The quantitative estimate of drug-likeness (QED) is 0.396. The molecule has 1 amide bonds. The Morgan fingerprint density at radius 2 is 1.76 bits per heavy atom. The maximum Gasteiger partial charge on any atom is 0.340 e. The Kier molecular flexibility index (Phi) is 7.83. The van der Waals surface area contributed by atoms with Crippen LogP contribution in [0.1, 0.15) is 38.1 Å². The third kappa shape index (κ3) is 6.70. The largest absolute Gasteiger partial charge is 0.452 e. The molecule has 0 spiro atoms. The normalized spacial score (nSPS) is 10.8. The van der Waals surface area contributed by atoms with Crippen molar-refractivity contribution in [3.63, 3.8) is 0 Å². The van der Waals surface area contributed by atoms with Crippen LogP contribution in [0.4, 0.5) is 5.69 Å². The fraction of sp³-hybridized carbons (Fsp3) is 0.529. The van der Waals surface area contributed by atoms with E-state index in [-0.39, 0.29) is 22.2 Å². The number of hydrogen-bond donors (Lipinski definition) is 0. The number of rotatable bonds is 8. The second-order valence-electron chi connectivity index (χ2n) is 6.58. The number of nitro benzene ring substituents is 1. The maximum absolute atomic E-state index is 12.3. The predicted octanol–water partition coefficient (Wildman–Crippen LogP) is 3.55. The molecule has 0 aliphatic rings. The molecule has 0 aliphatic carbocycles. The first-order chi connectivity index (χ1) is 11.6. The van der Waals surface area contributed by atoms with Crippen LogP contribution in [0.5, 0.6) is 0 Å². The number of nitro groups is 1. The fourth-order valence-corrected chi connectivity index (χ4v) is 2.49. The van der Waals surface area contributed by atoms with E-state index in [0.29, 0.717) is 24.9 Å². The molecule has 0 heterocycles. The van der Waals surface area contributed by atoms with Crippen LogP contribution < -0.4 is 0 Å². The molecule has 0 aliphatic heterocycles. The zero-order chi connectivity index (χ0) is 19.1. The van der Waals surface area contributed by atoms with Gasteiger partial charge in [0.15, 0.2) is 6.61 Å². The smallest absolute Gasteiger partial charge is 0.340 e. The maximum atomic E-state index is 12.3. The lowest BCUT2D eigenvalue weighted by Gasteiger charge is -2.26. The van der Waals surface area contributed by atoms with Gasteiger partial charge in [0.1, 0.15) is 0 Å². The summed E-state index contributed by atoms with van der Waals surface area (Å²) in [5.74, 6) is -0.485. The molecule has 0 fully saturated rings. The molecule has 8 heteroatoms. The van der Waals surface area contributed by atoms with Crippen molar-refractivity contribution in [2.24, 2.45) is 11.8 Å². The molecule has 0 radical (unpaired) electrons. The minimum absolute atomic E-state index is 0.0145. The van der Waals surface area contributed by atoms with Gasteiger partial charge in [0.2, 0.25) is 0 Å². The van der Waals surface area contributed by atoms with Crippen molar-refractivity contribution >= 4 is 29.2 Å². The monoisotopic (exact) mass is 370 g/mol. The second-order valence-corrected chi connectivity index (χ2v) is 6.99. The molecule has 1 rings (SSSR count). The first-order valence-electron chi connectivity index (χ1n) is 8.00. The van der Waals surface area contributed by atoms with Gasteiger partial charge in [0.05, 0.1) is 15.5 Å². The number of ether oxygens (including phenoxy) is 1. The van der Waals surface area contributed by atoms with Crippen molar-refractivity contribution in [2.75, 3.05) is 19.7 Å². The molecule has 0 aromatic heterocycles. The Bertz CT molecular complexity index is 636. The van der Waals surface area contributed by atoms with Crippen molar-refractivity contribution < 1.29 is 19.2 Å². The minimum Gasteiger partial charge on any atom is -0.452 e. The fourth-order valence-electron chi connectivity index (χ4n) is 2.24. The summed E-state index contributed by atoms with van der Waals surface area (Å²) in [5, 5.41) is 10.6. The van der Waals surface area contributed by atoms with Gasteiger partial charge in [-0.15, -0.1) is 0 Å². The van der Waals surface area contributed by atoms with Gasteiger partial charge >= 0.3 is 5.97 Å². The van der Waals surface area contributed by atoms with E-state index >= 15 is 0 Å². The van der Waals surface area contributed by atoms with E-state index in [2.05, 4.69) is 0 Å². The summed E-state index contributed by atoms with van der Waals surface area (Å²) in [4.78, 5) is 36.1. The summed E-state index contributed by atoms with van der Waals surface area (Å²) in [7, 11) is 0. The Labute approximate surface area is 152 Å². The molecule has 1 aromatic rings. The SMILES string of the molecule is CC(C)CN(CC(C)C)C(=O)COC(=O)c1ccc([N+](=O)[O-])cc1Cl. The molecule has 0 saturated carbocycles. The average molecular weight is 371 g/mol. The lowest BCUT2D eigenvalue weighted by atomic mass is 10.1. The minimum atomic E-state index is -0.790. The number of halogens is 1. The number of nitrogens with zero attached hydrogens (tertiary/aromatic N) is 2. The van der Waals surface area contributed by atoms with Crippen molar-refractivity contribution in [3.05, 3.63) is 38.9 Å². The third-order valence-corrected chi connectivity index (χ3v) is 3.55. The van der Waals surface area contributed by atoms with E-state index in [1.165, 1.54) is 6.07 Å². The Balaban J connectivity index is 2.73. The average Bonchev–Trinajstić information content (AvgIpc) is 2.50. The van der Waals surface area contributed by atoms with Gasteiger partial charge in [-0.2, -0.15) is 0 Å². The predicted molar refractivity (Wildman–Crippen MR) is 94.6 cm³/mol. The van der Waals surface area contributed by atoms with Crippen LogP contribution >= 0.6 is 11.6 Å². The topological polar surface area (TPSA) is 89.8 Å². The standard InChI is InChI=1S/C17H23ClN2O5/c1-11(2)8-19(9-12(3)4)16(21)10-25-17(22)14-6-5-13(20(23)24)7-15(14)18/h5-7,11-12H,8-10H2,1-4H3. The van der Waals surface area contributed by atoms with Crippen LogP contribution in [0, 0.1) is 22.0 Å². The van der Waals surface area contributed by atoms with Crippen molar-refractivity contribution in [1.29, 1.82) is 0 Å². The highest BCUT2D eigenvalue weighted by atomic mass is 35.5. The summed E-state index contributed by atoms with van der Waals surface area (Å²) in [6.07, 6.45) is 0. The van der Waals surface area contributed by atoms with Crippen molar-refractivity contribution in [2.45, 2.75) is 27.7 Å². The summed E-state index contributed by atoms with van der Waals surface area (Å²) < 4.78 is 5.03. The second kappa shape index (κ2) is 9.36. The first-order valence-corrected chi connectivity index (χ1v) is 8.38. The van der Waals surface area contributed by atoms with Gasteiger partial charge in [-0.25, -0.2) is 4.79 Å². The lowest BCUT2D eigenvalue weighted by molar-refractivity contribution is -0.384. The molecule has 138 valence electrons. The Hall–Kier alpha value is -2.15. The van der Waals surface area contributed by atoms with Gasteiger partial charge < -0.3 is 9.64 Å². The van der Waals surface area contributed by atoms with Gasteiger partial charge in [-0.3, -0.25) is 14.9 Å². The highest BCUT2D eigenvalue weighted by molar-refractivity contribution is 6.33. The summed E-state index contributed by atoms with van der Waals surface area (Å²) >= 11 is 5.88. The van der Waals surface area contributed by atoms with Gasteiger partial charge in [-0.05, 0) is 17.9 Å². The van der Waals surface area contributed by atoms with E-state index in [4.69, 9.17) is 16.3 Å². The molecule has 0 N–H and O–H groups in total. The molecule has 0 saturated heterocycles.